The molecular weight excluding hydrogens is 251 g/mol. The van der Waals surface area contributed by atoms with Crippen molar-refractivity contribution >= 4 is 17.6 Å². The Bertz CT molecular complexity index is 533. The number of anilines is 1. The Balaban J connectivity index is 2.47. The van der Waals surface area contributed by atoms with Gasteiger partial charge in [-0.3, -0.25) is 9.69 Å². The van der Waals surface area contributed by atoms with Gasteiger partial charge in [0.05, 0.1) is 11.7 Å². The lowest BCUT2D eigenvalue weighted by Gasteiger charge is -2.25. The molecule has 6 heteroatoms. The van der Waals surface area contributed by atoms with Crippen LogP contribution in [0.25, 0.3) is 0 Å². The van der Waals surface area contributed by atoms with Crippen LogP contribution in [0.4, 0.5) is 10.1 Å². The molecule has 1 aliphatic rings. The van der Waals surface area contributed by atoms with Gasteiger partial charge >= 0.3 is 5.97 Å². The summed E-state index contributed by atoms with van der Waals surface area (Å²) in [6, 6.07) is 2.39. The topological polar surface area (TPSA) is 83.6 Å². The average Bonchev–Trinajstić information content (AvgIpc) is 2.78. The molecular formula is C13H15FN2O3. The van der Waals surface area contributed by atoms with Gasteiger partial charge < -0.3 is 10.8 Å². The molecule has 0 aliphatic carbocycles. The fourth-order valence-electron chi connectivity index (χ4n) is 2.25. The quantitative estimate of drug-likeness (QED) is 0.851. The highest BCUT2D eigenvalue weighted by Crippen LogP contribution is 2.34. The molecule has 102 valence electrons. The number of aliphatic carboxylic acids is 1. The molecule has 0 saturated heterocycles. The van der Waals surface area contributed by atoms with Crippen LogP contribution in [0.1, 0.15) is 18.9 Å². The van der Waals surface area contributed by atoms with Crippen molar-refractivity contribution in [2.24, 2.45) is 5.73 Å². The first-order chi connectivity index (χ1) is 8.97. The zero-order chi connectivity index (χ0) is 14.2. The van der Waals surface area contributed by atoms with Crippen molar-refractivity contribution in [3.05, 3.63) is 29.6 Å². The third kappa shape index (κ3) is 2.19. The monoisotopic (exact) mass is 266 g/mol. The van der Waals surface area contributed by atoms with Gasteiger partial charge in [0.2, 0.25) is 5.91 Å². The van der Waals surface area contributed by atoms with Gasteiger partial charge in [-0.15, -0.1) is 0 Å². The number of nitrogens with zero attached hydrogens (tertiary/aromatic N) is 1. The summed E-state index contributed by atoms with van der Waals surface area (Å²) in [6.07, 6.45) is 0.367. The molecule has 2 atom stereocenters. The number of carboxylic acids is 1. The Labute approximate surface area is 109 Å². The van der Waals surface area contributed by atoms with E-state index in [2.05, 4.69) is 0 Å². The smallest absolute Gasteiger partial charge is 0.327 e. The molecule has 0 spiro atoms. The van der Waals surface area contributed by atoms with Gasteiger partial charge in [-0.2, -0.15) is 0 Å². The lowest BCUT2D eigenvalue weighted by molar-refractivity contribution is -0.140. The number of carboxylic acid groups (broad SMARTS) is 1. The van der Waals surface area contributed by atoms with Gasteiger partial charge in [0.15, 0.2) is 0 Å². The van der Waals surface area contributed by atoms with E-state index in [9.17, 15) is 19.1 Å². The molecule has 3 N–H and O–H groups in total. The number of fused-ring (bicyclic) bond motifs is 1. The molecule has 0 aromatic heterocycles. The summed E-state index contributed by atoms with van der Waals surface area (Å²) in [4.78, 5) is 24.5. The molecule has 1 aromatic carbocycles. The van der Waals surface area contributed by atoms with E-state index < -0.39 is 29.8 Å². The summed E-state index contributed by atoms with van der Waals surface area (Å²) >= 11 is 0. The summed E-state index contributed by atoms with van der Waals surface area (Å²) in [6.45, 7) is 1.74. The summed E-state index contributed by atoms with van der Waals surface area (Å²) in [5.41, 5.74) is 6.24. The van der Waals surface area contributed by atoms with Gasteiger partial charge in [0.1, 0.15) is 11.9 Å². The van der Waals surface area contributed by atoms with E-state index in [-0.39, 0.29) is 12.0 Å². The van der Waals surface area contributed by atoms with Gasteiger partial charge in [0.25, 0.3) is 0 Å². The van der Waals surface area contributed by atoms with E-state index in [1.807, 2.05) is 0 Å². The minimum Gasteiger partial charge on any atom is -0.480 e. The molecule has 1 heterocycles. The number of rotatable bonds is 3. The number of amides is 1. The first-order valence-corrected chi connectivity index (χ1v) is 6.06. The Morgan fingerprint density at radius 3 is 2.84 bits per heavy atom. The van der Waals surface area contributed by atoms with Crippen LogP contribution >= 0.6 is 0 Å². The predicted molar refractivity (Wildman–Crippen MR) is 67.3 cm³/mol. The van der Waals surface area contributed by atoms with Crippen molar-refractivity contribution in [2.45, 2.75) is 31.8 Å². The van der Waals surface area contributed by atoms with Crippen LogP contribution in [0, 0.1) is 5.82 Å². The minimum atomic E-state index is -1.16. The number of halogens is 1. The zero-order valence-electron chi connectivity index (χ0n) is 10.5. The molecule has 0 saturated carbocycles. The third-order valence-corrected chi connectivity index (χ3v) is 3.34. The summed E-state index contributed by atoms with van der Waals surface area (Å²) < 4.78 is 13.7. The lowest BCUT2D eigenvalue weighted by Crippen LogP contribution is -2.49. The number of hydrogen-bond acceptors (Lipinski definition) is 3. The van der Waals surface area contributed by atoms with Crippen molar-refractivity contribution in [2.75, 3.05) is 4.90 Å². The number of carbonyl (C=O) groups is 2. The minimum absolute atomic E-state index is 0.0283. The molecule has 0 radical (unpaired) electrons. The van der Waals surface area contributed by atoms with Crippen molar-refractivity contribution in [3.63, 3.8) is 0 Å². The Kier molecular flexibility index (Phi) is 3.53. The summed E-state index contributed by atoms with van der Waals surface area (Å²) in [5.74, 6) is -2.14. The van der Waals surface area contributed by atoms with Crippen molar-refractivity contribution in [3.8, 4) is 0 Å². The molecule has 0 unspecified atom stereocenters. The molecule has 5 nitrogen and oxygen atoms in total. The second-order valence-corrected chi connectivity index (χ2v) is 4.52. The SMILES string of the molecule is CC[C@H](N)C(=O)N1c2cccc(F)c2C[C@@H]1C(=O)O. The van der Waals surface area contributed by atoms with E-state index in [1.165, 1.54) is 12.1 Å². The number of nitrogens with two attached hydrogens (primary N) is 1. The van der Waals surface area contributed by atoms with Gasteiger partial charge in [-0.25, -0.2) is 9.18 Å². The van der Waals surface area contributed by atoms with E-state index in [1.54, 1.807) is 13.0 Å². The first kappa shape index (κ1) is 13.5. The van der Waals surface area contributed by atoms with Crippen LogP contribution in [-0.4, -0.2) is 29.1 Å². The van der Waals surface area contributed by atoms with Crippen LogP contribution in [0.15, 0.2) is 18.2 Å². The molecule has 0 bridgehead atoms. The van der Waals surface area contributed by atoms with E-state index in [0.29, 0.717) is 12.1 Å². The molecule has 0 fully saturated rings. The molecule has 1 aliphatic heterocycles. The van der Waals surface area contributed by atoms with Crippen LogP contribution in [0.3, 0.4) is 0 Å². The van der Waals surface area contributed by atoms with Crippen LogP contribution in [-0.2, 0) is 16.0 Å². The molecule has 2 rings (SSSR count). The number of carbonyl (C=O) groups excluding carboxylic acids is 1. The Hall–Kier alpha value is -1.95. The fraction of sp³-hybridized carbons (Fsp3) is 0.385. The van der Waals surface area contributed by atoms with Crippen LogP contribution in [0.5, 0.6) is 0 Å². The third-order valence-electron chi connectivity index (χ3n) is 3.34. The second kappa shape index (κ2) is 4.97. The Morgan fingerprint density at radius 2 is 2.26 bits per heavy atom. The largest absolute Gasteiger partial charge is 0.480 e. The fourth-order valence-corrected chi connectivity index (χ4v) is 2.25. The van der Waals surface area contributed by atoms with Crippen LogP contribution in [0.2, 0.25) is 0 Å². The molecule has 19 heavy (non-hydrogen) atoms. The molecule has 1 amide bonds. The summed E-state index contributed by atoms with van der Waals surface area (Å²) in [5, 5.41) is 9.19. The molecule has 1 aromatic rings. The normalized spacial score (nSPS) is 19.1. The second-order valence-electron chi connectivity index (χ2n) is 4.52. The maximum Gasteiger partial charge on any atom is 0.327 e. The summed E-state index contributed by atoms with van der Waals surface area (Å²) in [7, 11) is 0. The van der Waals surface area contributed by atoms with E-state index >= 15 is 0 Å². The van der Waals surface area contributed by atoms with Crippen molar-refractivity contribution in [1.82, 2.24) is 0 Å². The van der Waals surface area contributed by atoms with Crippen LogP contribution < -0.4 is 10.6 Å². The highest BCUT2D eigenvalue weighted by molar-refractivity contribution is 6.04. The lowest BCUT2D eigenvalue weighted by atomic mass is 10.1. The maximum absolute atomic E-state index is 13.7. The highest BCUT2D eigenvalue weighted by Gasteiger charge is 2.40. The predicted octanol–water partition coefficient (Wildman–Crippen LogP) is 0.905. The standard InChI is InChI=1S/C13H15FN2O3/c1-2-9(15)12(17)16-10-5-3-4-8(14)7(10)6-11(16)13(18)19/h3-5,9,11H,2,6,15H2,1H3,(H,18,19)/t9-,11+/m0/s1. The zero-order valence-corrected chi connectivity index (χ0v) is 10.5. The number of hydrogen-bond donors (Lipinski definition) is 2. The first-order valence-electron chi connectivity index (χ1n) is 6.06. The van der Waals surface area contributed by atoms with Crippen molar-refractivity contribution < 1.29 is 19.1 Å². The number of benzene rings is 1. The maximum atomic E-state index is 13.7. The van der Waals surface area contributed by atoms with Crippen molar-refractivity contribution in [1.29, 1.82) is 0 Å². The van der Waals surface area contributed by atoms with E-state index in [0.717, 1.165) is 4.90 Å². The average molecular weight is 266 g/mol. The van der Waals surface area contributed by atoms with E-state index in [4.69, 9.17) is 5.73 Å². The van der Waals surface area contributed by atoms with Gasteiger partial charge in [-0.1, -0.05) is 13.0 Å². The highest BCUT2D eigenvalue weighted by atomic mass is 19.1. The van der Waals surface area contributed by atoms with Gasteiger partial charge in [0, 0.05) is 12.0 Å². The van der Waals surface area contributed by atoms with Gasteiger partial charge in [-0.05, 0) is 18.6 Å². The Morgan fingerprint density at radius 1 is 1.58 bits per heavy atom.